The number of carboxylic acid groups (broad SMARTS) is 1. The molecular formula is C16H22O3. The second kappa shape index (κ2) is 6.20. The van der Waals surface area contributed by atoms with Gasteiger partial charge in [0.2, 0.25) is 0 Å². The molecule has 2 unspecified atom stereocenters. The van der Waals surface area contributed by atoms with E-state index < -0.39 is 5.97 Å². The zero-order valence-corrected chi connectivity index (χ0v) is 11.6. The van der Waals surface area contributed by atoms with Crippen LogP contribution in [0.25, 0.3) is 0 Å². The maximum atomic E-state index is 10.7. The molecule has 0 aromatic heterocycles. The van der Waals surface area contributed by atoms with Crippen LogP contribution in [0.5, 0.6) is 0 Å². The average Bonchev–Trinajstić information content (AvgIpc) is 2.86. The predicted molar refractivity (Wildman–Crippen MR) is 74.2 cm³/mol. The molecule has 0 aliphatic heterocycles. The highest BCUT2D eigenvalue weighted by molar-refractivity contribution is 5.87. The minimum atomic E-state index is -0.886. The van der Waals surface area contributed by atoms with Crippen molar-refractivity contribution in [3.63, 3.8) is 0 Å². The molecule has 0 bridgehead atoms. The first-order chi connectivity index (χ1) is 9.06. The van der Waals surface area contributed by atoms with Crippen LogP contribution in [0.15, 0.2) is 24.3 Å². The fourth-order valence-electron chi connectivity index (χ4n) is 2.69. The van der Waals surface area contributed by atoms with E-state index in [9.17, 15) is 4.79 Å². The number of hydrogen-bond donors (Lipinski definition) is 1. The summed E-state index contributed by atoms with van der Waals surface area (Å²) < 4.78 is 5.92. The molecular weight excluding hydrogens is 240 g/mol. The summed E-state index contributed by atoms with van der Waals surface area (Å²) in [5.41, 5.74) is 1.36. The van der Waals surface area contributed by atoms with Gasteiger partial charge in [-0.05, 0) is 48.8 Å². The highest BCUT2D eigenvalue weighted by atomic mass is 16.5. The normalized spacial score (nSPS) is 22.9. The van der Waals surface area contributed by atoms with Crippen molar-refractivity contribution in [2.75, 3.05) is 0 Å². The molecule has 1 aliphatic rings. The first kappa shape index (κ1) is 14.1. The molecule has 19 heavy (non-hydrogen) atoms. The maximum Gasteiger partial charge on any atom is 0.335 e. The molecule has 0 spiro atoms. The lowest BCUT2D eigenvalue weighted by molar-refractivity contribution is 0.0414. The van der Waals surface area contributed by atoms with E-state index in [-0.39, 0.29) is 0 Å². The van der Waals surface area contributed by atoms with Gasteiger partial charge in [-0.25, -0.2) is 4.79 Å². The molecule has 0 saturated heterocycles. The lowest BCUT2D eigenvalue weighted by Crippen LogP contribution is -2.10. The summed E-state index contributed by atoms with van der Waals surface area (Å²) in [4.78, 5) is 10.7. The highest BCUT2D eigenvalue weighted by Crippen LogP contribution is 2.33. The molecule has 1 N–H and O–H groups in total. The molecule has 104 valence electrons. The SMILES string of the molecule is CC(C)C1CCC(OCc2ccc(C(=O)O)cc2)C1. The number of carboxylic acids is 1. The van der Waals surface area contributed by atoms with Crippen molar-refractivity contribution in [3.8, 4) is 0 Å². The molecule has 3 nitrogen and oxygen atoms in total. The van der Waals surface area contributed by atoms with E-state index in [4.69, 9.17) is 9.84 Å². The summed E-state index contributed by atoms with van der Waals surface area (Å²) in [6.45, 7) is 5.13. The third-order valence-electron chi connectivity index (χ3n) is 4.05. The van der Waals surface area contributed by atoms with E-state index in [0.717, 1.165) is 30.2 Å². The Balaban J connectivity index is 1.81. The van der Waals surface area contributed by atoms with Gasteiger partial charge in [0.25, 0.3) is 0 Å². The van der Waals surface area contributed by atoms with Crippen molar-refractivity contribution in [1.29, 1.82) is 0 Å². The third-order valence-corrected chi connectivity index (χ3v) is 4.05. The van der Waals surface area contributed by atoms with Gasteiger partial charge in [0.15, 0.2) is 0 Å². The predicted octanol–water partition coefficient (Wildman–Crippen LogP) is 3.73. The Morgan fingerprint density at radius 3 is 2.53 bits per heavy atom. The Hall–Kier alpha value is -1.35. The number of carbonyl (C=O) groups is 1. The van der Waals surface area contributed by atoms with Crippen LogP contribution in [0.4, 0.5) is 0 Å². The molecule has 2 rings (SSSR count). The molecule has 3 heteroatoms. The Morgan fingerprint density at radius 1 is 1.32 bits per heavy atom. The van der Waals surface area contributed by atoms with Crippen molar-refractivity contribution < 1.29 is 14.6 Å². The lowest BCUT2D eigenvalue weighted by Gasteiger charge is -2.15. The minimum Gasteiger partial charge on any atom is -0.478 e. The van der Waals surface area contributed by atoms with E-state index in [0.29, 0.717) is 18.3 Å². The molecule has 0 heterocycles. The largest absolute Gasteiger partial charge is 0.478 e. The van der Waals surface area contributed by atoms with Crippen LogP contribution < -0.4 is 0 Å². The van der Waals surface area contributed by atoms with Gasteiger partial charge >= 0.3 is 5.97 Å². The monoisotopic (exact) mass is 262 g/mol. The zero-order chi connectivity index (χ0) is 13.8. The molecule has 1 aromatic carbocycles. The van der Waals surface area contributed by atoms with Crippen molar-refractivity contribution in [2.24, 2.45) is 11.8 Å². The fraction of sp³-hybridized carbons (Fsp3) is 0.562. The molecule has 1 aromatic rings. The maximum absolute atomic E-state index is 10.7. The second-order valence-electron chi connectivity index (χ2n) is 5.75. The van der Waals surface area contributed by atoms with Crippen LogP contribution >= 0.6 is 0 Å². The molecule has 0 amide bonds. The summed E-state index contributed by atoms with van der Waals surface area (Å²) in [5.74, 6) is 0.644. The van der Waals surface area contributed by atoms with Gasteiger partial charge in [0.1, 0.15) is 0 Å². The Morgan fingerprint density at radius 2 is 2.00 bits per heavy atom. The quantitative estimate of drug-likeness (QED) is 0.879. The molecule has 1 aliphatic carbocycles. The van der Waals surface area contributed by atoms with Crippen LogP contribution in [0.1, 0.15) is 49.0 Å². The van der Waals surface area contributed by atoms with E-state index >= 15 is 0 Å². The third kappa shape index (κ3) is 3.80. The number of aromatic carboxylic acids is 1. The smallest absolute Gasteiger partial charge is 0.335 e. The van der Waals surface area contributed by atoms with E-state index in [1.807, 2.05) is 12.1 Å². The zero-order valence-electron chi connectivity index (χ0n) is 11.6. The molecule has 0 radical (unpaired) electrons. The van der Waals surface area contributed by atoms with Crippen molar-refractivity contribution >= 4 is 5.97 Å². The van der Waals surface area contributed by atoms with Crippen molar-refractivity contribution in [3.05, 3.63) is 35.4 Å². The van der Waals surface area contributed by atoms with Crippen LogP contribution in [-0.4, -0.2) is 17.2 Å². The Labute approximate surface area is 114 Å². The van der Waals surface area contributed by atoms with E-state index in [2.05, 4.69) is 13.8 Å². The summed E-state index contributed by atoms with van der Waals surface area (Å²) in [6.07, 6.45) is 3.94. The second-order valence-corrected chi connectivity index (χ2v) is 5.75. The Bertz CT molecular complexity index is 422. The van der Waals surface area contributed by atoms with Gasteiger partial charge in [0.05, 0.1) is 18.3 Å². The highest BCUT2D eigenvalue weighted by Gasteiger charge is 2.27. The topological polar surface area (TPSA) is 46.5 Å². The summed E-state index contributed by atoms with van der Waals surface area (Å²) in [5, 5.41) is 8.83. The number of hydrogen-bond acceptors (Lipinski definition) is 2. The van der Waals surface area contributed by atoms with Crippen molar-refractivity contribution in [1.82, 2.24) is 0 Å². The standard InChI is InChI=1S/C16H22O3/c1-11(2)14-7-8-15(9-14)19-10-12-3-5-13(6-4-12)16(17)18/h3-6,11,14-15H,7-10H2,1-2H3,(H,17,18). The molecule has 2 atom stereocenters. The van der Waals surface area contributed by atoms with Crippen LogP contribution in [0, 0.1) is 11.8 Å². The van der Waals surface area contributed by atoms with Crippen LogP contribution in [0.3, 0.4) is 0 Å². The van der Waals surface area contributed by atoms with Gasteiger partial charge in [-0.15, -0.1) is 0 Å². The number of ether oxygens (including phenoxy) is 1. The number of benzene rings is 1. The van der Waals surface area contributed by atoms with Crippen LogP contribution in [0.2, 0.25) is 0 Å². The van der Waals surface area contributed by atoms with Crippen LogP contribution in [-0.2, 0) is 11.3 Å². The molecule has 1 fully saturated rings. The van der Waals surface area contributed by atoms with Gasteiger partial charge in [-0.3, -0.25) is 0 Å². The average molecular weight is 262 g/mol. The molecule has 1 saturated carbocycles. The first-order valence-electron chi connectivity index (χ1n) is 7.00. The van der Waals surface area contributed by atoms with Crippen molar-refractivity contribution in [2.45, 2.75) is 45.8 Å². The fourth-order valence-corrected chi connectivity index (χ4v) is 2.69. The van der Waals surface area contributed by atoms with Gasteiger partial charge < -0.3 is 9.84 Å². The lowest BCUT2D eigenvalue weighted by atomic mass is 9.95. The summed E-state index contributed by atoms with van der Waals surface area (Å²) in [6, 6.07) is 6.93. The van der Waals surface area contributed by atoms with Gasteiger partial charge in [-0.1, -0.05) is 26.0 Å². The van der Waals surface area contributed by atoms with E-state index in [1.165, 1.54) is 6.42 Å². The van der Waals surface area contributed by atoms with Gasteiger partial charge in [-0.2, -0.15) is 0 Å². The minimum absolute atomic E-state index is 0.324. The Kier molecular flexibility index (Phi) is 4.59. The number of rotatable bonds is 5. The van der Waals surface area contributed by atoms with Gasteiger partial charge in [0, 0.05) is 0 Å². The first-order valence-corrected chi connectivity index (χ1v) is 7.00. The summed E-state index contributed by atoms with van der Waals surface area (Å²) >= 11 is 0. The summed E-state index contributed by atoms with van der Waals surface area (Å²) in [7, 11) is 0. The van der Waals surface area contributed by atoms with E-state index in [1.54, 1.807) is 12.1 Å².